The van der Waals surface area contributed by atoms with Crippen LogP contribution in [0.1, 0.15) is 16.1 Å². The molecular weight excluding hydrogens is 339 g/mol. The van der Waals surface area contributed by atoms with Crippen LogP contribution in [0.15, 0.2) is 65.2 Å². The predicted molar refractivity (Wildman–Crippen MR) is 90.9 cm³/mol. The van der Waals surface area contributed by atoms with Gasteiger partial charge in [0.25, 0.3) is 5.91 Å². The summed E-state index contributed by atoms with van der Waals surface area (Å²) in [6, 6.07) is 14.8. The first-order chi connectivity index (χ1) is 12.5. The monoisotopic (exact) mass is 354 g/mol. The smallest absolute Gasteiger partial charge is 0.326 e. The first-order valence-corrected chi connectivity index (χ1v) is 7.83. The topological polar surface area (TPSA) is 92.4 Å². The lowest BCUT2D eigenvalue weighted by Gasteiger charge is -2.13. The maximum Gasteiger partial charge on any atom is 0.326 e. The molecule has 0 aliphatic rings. The number of benzene rings is 2. The molecule has 1 atom stereocenters. The van der Waals surface area contributed by atoms with Gasteiger partial charge in [-0.1, -0.05) is 35.5 Å². The van der Waals surface area contributed by atoms with E-state index in [1.807, 2.05) is 6.07 Å². The Hall–Kier alpha value is -3.48. The minimum absolute atomic E-state index is 0.122. The Labute approximate surface area is 148 Å². The number of carboxylic acids is 1. The van der Waals surface area contributed by atoms with E-state index in [-0.39, 0.29) is 18.0 Å². The highest BCUT2D eigenvalue weighted by Crippen LogP contribution is 2.19. The van der Waals surface area contributed by atoms with E-state index in [0.29, 0.717) is 11.3 Å². The number of hydrogen-bond acceptors (Lipinski definition) is 4. The molecule has 0 spiro atoms. The van der Waals surface area contributed by atoms with Crippen molar-refractivity contribution < 1.29 is 23.6 Å². The van der Waals surface area contributed by atoms with Crippen LogP contribution in [0.5, 0.6) is 0 Å². The van der Waals surface area contributed by atoms with Gasteiger partial charge in [0, 0.05) is 18.1 Å². The molecule has 0 fully saturated rings. The average molecular weight is 354 g/mol. The molecule has 1 aromatic heterocycles. The molecule has 0 radical (unpaired) electrons. The van der Waals surface area contributed by atoms with Crippen LogP contribution in [0.4, 0.5) is 4.39 Å². The van der Waals surface area contributed by atoms with E-state index in [9.17, 15) is 19.1 Å². The van der Waals surface area contributed by atoms with Crippen LogP contribution < -0.4 is 5.32 Å². The van der Waals surface area contributed by atoms with Gasteiger partial charge in [0.2, 0.25) is 5.76 Å². The molecular formula is C19H15FN2O4. The zero-order chi connectivity index (χ0) is 18.5. The number of nitrogens with zero attached hydrogens (tertiary/aromatic N) is 1. The van der Waals surface area contributed by atoms with Gasteiger partial charge in [0.05, 0.1) is 0 Å². The van der Waals surface area contributed by atoms with Crippen molar-refractivity contribution in [3.05, 3.63) is 77.8 Å². The van der Waals surface area contributed by atoms with Crippen molar-refractivity contribution in [2.75, 3.05) is 0 Å². The summed E-state index contributed by atoms with van der Waals surface area (Å²) in [5.74, 6) is -2.35. The van der Waals surface area contributed by atoms with Gasteiger partial charge < -0.3 is 14.9 Å². The summed E-state index contributed by atoms with van der Waals surface area (Å²) in [7, 11) is 0. The van der Waals surface area contributed by atoms with Crippen molar-refractivity contribution in [3.8, 4) is 11.3 Å². The predicted octanol–water partition coefficient (Wildman–Crippen LogP) is 2.91. The number of hydrogen-bond donors (Lipinski definition) is 2. The van der Waals surface area contributed by atoms with Crippen molar-refractivity contribution in [1.29, 1.82) is 0 Å². The molecule has 2 N–H and O–H groups in total. The summed E-state index contributed by atoms with van der Waals surface area (Å²) in [6.45, 7) is 0. The summed E-state index contributed by atoms with van der Waals surface area (Å²) < 4.78 is 18.0. The van der Waals surface area contributed by atoms with Gasteiger partial charge in [0.15, 0.2) is 0 Å². The molecule has 1 amide bonds. The summed E-state index contributed by atoms with van der Waals surface area (Å²) in [6.07, 6.45) is 0.140. The molecule has 0 bridgehead atoms. The van der Waals surface area contributed by atoms with Crippen molar-refractivity contribution in [2.45, 2.75) is 12.5 Å². The molecule has 0 unspecified atom stereocenters. The molecule has 6 nitrogen and oxygen atoms in total. The molecule has 2 aromatic carbocycles. The summed E-state index contributed by atoms with van der Waals surface area (Å²) >= 11 is 0. The first kappa shape index (κ1) is 17.3. The van der Waals surface area contributed by atoms with Gasteiger partial charge in [-0.2, -0.15) is 0 Å². The van der Waals surface area contributed by atoms with Crippen LogP contribution >= 0.6 is 0 Å². The zero-order valence-electron chi connectivity index (χ0n) is 13.6. The summed E-state index contributed by atoms with van der Waals surface area (Å²) in [5, 5.41) is 15.5. The van der Waals surface area contributed by atoms with Crippen LogP contribution in [-0.2, 0) is 11.2 Å². The third kappa shape index (κ3) is 4.13. The summed E-state index contributed by atoms with van der Waals surface area (Å²) in [4.78, 5) is 23.7. The Morgan fingerprint density at radius 1 is 1.12 bits per heavy atom. The Bertz CT molecular complexity index is 907. The zero-order valence-corrected chi connectivity index (χ0v) is 13.6. The number of carbonyl (C=O) groups is 2. The van der Waals surface area contributed by atoms with Crippen molar-refractivity contribution in [2.24, 2.45) is 0 Å². The molecule has 132 valence electrons. The molecule has 0 aliphatic heterocycles. The molecule has 0 aliphatic carbocycles. The lowest BCUT2D eigenvalue weighted by Crippen LogP contribution is -2.42. The molecule has 3 aromatic rings. The van der Waals surface area contributed by atoms with Crippen LogP contribution in [-0.4, -0.2) is 28.2 Å². The highest BCUT2D eigenvalue weighted by Gasteiger charge is 2.23. The maximum absolute atomic E-state index is 13.0. The van der Waals surface area contributed by atoms with E-state index in [1.165, 1.54) is 30.3 Å². The number of halogens is 1. The minimum Gasteiger partial charge on any atom is -0.480 e. The fourth-order valence-corrected chi connectivity index (χ4v) is 2.42. The fourth-order valence-electron chi connectivity index (χ4n) is 2.42. The average Bonchev–Trinajstić information content (AvgIpc) is 3.13. The number of nitrogens with one attached hydrogen (secondary N) is 1. The highest BCUT2D eigenvalue weighted by atomic mass is 19.1. The van der Waals surface area contributed by atoms with E-state index in [2.05, 4.69) is 10.5 Å². The van der Waals surface area contributed by atoms with Gasteiger partial charge >= 0.3 is 5.97 Å². The standard InChI is InChI=1S/C19H15FN2O4/c20-14-8-6-13(7-9-14)15-11-17(26-22-15)18(23)21-16(19(24)25)10-12-4-2-1-3-5-12/h1-9,11,16H,10H2,(H,21,23)(H,24,25)/t16-/m0/s1. The second-order valence-corrected chi connectivity index (χ2v) is 5.64. The Morgan fingerprint density at radius 3 is 2.46 bits per heavy atom. The van der Waals surface area contributed by atoms with Crippen molar-refractivity contribution in [3.63, 3.8) is 0 Å². The quantitative estimate of drug-likeness (QED) is 0.710. The molecule has 0 saturated heterocycles. The van der Waals surface area contributed by atoms with E-state index in [1.54, 1.807) is 24.3 Å². The third-order valence-electron chi connectivity index (χ3n) is 3.76. The number of carbonyl (C=O) groups excluding carboxylic acids is 1. The van der Waals surface area contributed by atoms with Crippen molar-refractivity contribution >= 4 is 11.9 Å². The lowest BCUT2D eigenvalue weighted by atomic mass is 10.1. The lowest BCUT2D eigenvalue weighted by molar-refractivity contribution is -0.139. The van der Waals surface area contributed by atoms with Crippen LogP contribution in [0.2, 0.25) is 0 Å². The Morgan fingerprint density at radius 2 is 1.81 bits per heavy atom. The Kier molecular flexibility index (Phi) is 5.07. The number of aliphatic carboxylic acids is 1. The molecule has 26 heavy (non-hydrogen) atoms. The van der Waals surface area contributed by atoms with E-state index >= 15 is 0 Å². The van der Waals surface area contributed by atoms with Gasteiger partial charge in [-0.05, 0) is 29.8 Å². The van der Waals surface area contributed by atoms with Crippen LogP contribution in [0.3, 0.4) is 0 Å². The van der Waals surface area contributed by atoms with Gasteiger partial charge in [-0.3, -0.25) is 4.79 Å². The number of aromatic nitrogens is 1. The largest absolute Gasteiger partial charge is 0.480 e. The molecule has 1 heterocycles. The second kappa shape index (κ2) is 7.60. The van der Waals surface area contributed by atoms with E-state index < -0.39 is 17.9 Å². The maximum atomic E-state index is 13.0. The molecule has 0 saturated carbocycles. The number of carboxylic acid groups (broad SMARTS) is 1. The summed E-state index contributed by atoms with van der Waals surface area (Å²) in [5.41, 5.74) is 1.71. The Balaban J connectivity index is 1.72. The minimum atomic E-state index is -1.15. The fraction of sp³-hybridized carbons (Fsp3) is 0.105. The van der Waals surface area contributed by atoms with E-state index in [0.717, 1.165) is 5.56 Å². The number of amides is 1. The first-order valence-electron chi connectivity index (χ1n) is 7.83. The van der Waals surface area contributed by atoms with Gasteiger partial charge in [0.1, 0.15) is 17.6 Å². The van der Waals surface area contributed by atoms with Gasteiger partial charge in [-0.15, -0.1) is 0 Å². The van der Waals surface area contributed by atoms with Crippen molar-refractivity contribution in [1.82, 2.24) is 10.5 Å². The normalized spacial score (nSPS) is 11.7. The van der Waals surface area contributed by atoms with Gasteiger partial charge in [-0.25, -0.2) is 9.18 Å². The molecule has 7 heteroatoms. The van der Waals surface area contributed by atoms with Crippen LogP contribution in [0.25, 0.3) is 11.3 Å². The SMILES string of the molecule is O=C(N[C@@H](Cc1ccccc1)C(=O)O)c1cc(-c2ccc(F)cc2)no1. The van der Waals surface area contributed by atoms with E-state index in [4.69, 9.17) is 4.52 Å². The third-order valence-corrected chi connectivity index (χ3v) is 3.76. The highest BCUT2D eigenvalue weighted by molar-refractivity contribution is 5.95. The van der Waals surface area contributed by atoms with Crippen LogP contribution in [0, 0.1) is 5.82 Å². The molecule has 3 rings (SSSR count). The number of rotatable bonds is 6. The second-order valence-electron chi connectivity index (χ2n) is 5.64.